The van der Waals surface area contributed by atoms with E-state index >= 15 is 0 Å². The Morgan fingerprint density at radius 3 is 2.37 bits per heavy atom. The first-order valence-electron chi connectivity index (χ1n) is 7.13. The summed E-state index contributed by atoms with van der Waals surface area (Å²) in [5.41, 5.74) is 6.56. The molecule has 0 saturated heterocycles. The molecule has 0 aromatic heterocycles. The molecule has 1 rings (SSSR count). The molecule has 1 unspecified atom stereocenters. The van der Waals surface area contributed by atoms with Crippen LogP contribution in [-0.4, -0.2) is 22.9 Å². The Balaban J connectivity index is 2.79. The minimum absolute atomic E-state index is 0.0556. The molecule has 1 aromatic rings. The summed E-state index contributed by atoms with van der Waals surface area (Å²) in [6.45, 7) is 7.37. The fourth-order valence-corrected chi connectivity index (χ4v) is 2.31. The Morgan fingerprint density at radius 1 is 1.21 bits per heavy atom. The molecule has 0 radical (unpaired) electrons. The van der Waals surface area contributed by atoms with Gasteiger partial charge in [-0.15, -0.1) is 0 Å². The first-order valence-corrected chi connectivity index (χ1v) is 7.13. The van der Waals surface area contributed by atoms with Crippen molar-refractivity contribution in [2.24, 2.45) is 5.73 Å². The molecule has 0 bridgehead atoms. The van der Waals surface area contributed by atoms with Crippen molar-refractivity contribution in [3.05, 3.63) is 35.9 Å². The van der Waals surface area contributed by atoms with Crippen molar-refractivity contribution in [3.63, 3.8) is 0 Å². The SMILES string of the molecule is CCCN(Cc1ccccc1)C(=O)C(C)(N)CCC. The minimum Gasteiger partial charge on any atom is -0.337 e. The van der Waals surface area contributed by atoms with E-state index in [1.165, 1.54) is 0 Å². The lowest BCUT2D eigenvalue weighted by molar-refractivity contribution is -0.137. The van der Waals surface area contributed by atoms with Gasteiger partial charge in [0.1, 0.15) is 0 Å². The zero-order valence-electron chi connectivity index (χ0n) is 12.4. The molecule has 3 nitrogen and oxygen atoms in total. The van der Waals surface area contributed by atoms with Crippen molar-refractivity contribution >= 4 is 5.91 Å². The van der Waals surface area contributed by atoms with Crippen LogP contribution in [0.5, 0.6) is 0 Å². The number of nitrogens with two attached hydrogens (primary N) is 1. The molecule has 0 fully saturated rings. The second-order valence-electron chi connectivity index (χ2n) is 5.38. The van der Waals surface area contributed by atoms with Crippen LogP contribution in [0.2, 0.25) is 0 Å². The van der Waals surface area contributed by atoms with E-state index in [1.54, 1.807) is 0 Å². The van der Waals surface area contributed by atoms with Crippen LogP contribution >= 0.6 is 0 Å². The van der Waals surface area contributed by atoms with Crippen LogP contribution in [0.1, 0.15) is 45.6 Å². The minimum atomic E-state index is -0.751. The van der Waals surface area contributed by atoms with Gasteiger partial charge in [0, 0.05) is 13.1 Å². The predicted octanol–water partition coefficient (Wildman–Crippen LogP) is 2.94. The highest BCUT2D eigenvalue weighted by Crippen LogP contribution is 2.15. The van der Waals surface area contributed by atoms with Crippen molar-refractivity contribution in [2.75, 3.05) is 6.54 Å². The number of hydrogen-bond donors (Lipinski definition) is 1. The van der Waals surface area contributed by atoms with Gasteiger partial charge >= 0.3 is 0 Å². The fourth-order valence-electron chi connectivity index (χ4n) is 2.31. The number of carbonyl (C=O) groups excluding carboxylic acids is 1. The van der Waals surface area contributed by atoms with Gasteiger partial charge in [-0.3, -0.25) is 4.79 Å². The summed E-state index contributed by atoms with van der Waals surface area (Å²) < 4.78 is 0. The third-order valence-electron chi connectivity index (χ3n) is 3.25. The van der Waals surface area contributed by atoms with Gasteiger partial charge in [-0.1, -0.05) is 50.6 Å². The lowest BCUT2D eigenvalue weighted by Crippen LogP contribution is -2.53. The quantitative estimate of drug-likeness (QED) is 0.821. The van der Waals surface area contributed by atoms with E-state index in [0.717, 1.165) is 31.4 Å². The molecule has 2 N–H and O–H groups in total. The fraction of sp³-hybridized carbons (Fsp3) is 0.562. The molecule has 19 heavy (non-hydrogen) atoms. The Labute approximate surface area is 116 Å². The van der Waals surface area contributed by atoms with Crippen LogP contribution in [0.4, 0.5) is 0 Å². The molecule has 0 aliphatic carbocycles. The normalized spacial score (nSPS) is 13.9. The number of benzene rings is 1. The highest BCUT2D eigenvalue weighted by molar-refractivity contribution is 5.85. The van der Waals surface area contributed by atoms with Gasteiger partial charge in [-0.2, -0.15) is 0 Å². The van der Waals surface area contributed by atoms with Gasteiger partial charge in [0.05, 0.1) is 5.54 Å². The topological polar surface area (TPSA) is 46.3 Å². The summed E-state index contributed by atoms with van der Waals surface area (Å²) in [5, 5.41) is 0. The van der Waals surface area contributed by atoms with E-state index in [4.69, 9.17) is 5.73 Å². The molecular formula is C16H26N2O. The second kappa shape index (κ2) is 7.29. The van der Waals surface area contributed by atoms with Gasteiger partial charge in [0.2, 0.25) is 5.91 Å². The summed E-state index contributed by atoms with van der Waals surface area (Å²) in [6.07, 6.45) is 2.59. The molecule has 1 amide bonds. The molecule has 1 atom stereocenters. The molecule has 106 valence electrons. The third kappa shape index (κ3) is 4.67. The van der Waals surface area contributed by atoms with Crippen LogP contribution in [0, 0.1) is 0 Å². The Morgan fingerprint density at radius 2 is 1.84 bits per heavy atom. The number of nitrogens with zero attached hydrogens (tertiary/aromatic N) is 1. The Hall–Kier alpha value is -1.35. The molecule has 0 heterocycles. The van der Waals surface area contributed by atoms with Crippen LogP contribution in [-0.2, 0) is 11.3 Å². The number of amides is 1. The molecule has 0 saturated carbocycles. The highest BCUT2D eigenvalue weighted by Gasteiger charge is 2.31. The van der Waals surface area contributed by atoms with E-state index in [0.29, 0.717) is 6.54 Å². The second-order valence-corrected chi connectivity index (χ2v) is 5.38. The van der Waals surface area contributed by atoms with Crippen LogP contribution in [0.3, 0.4) is 0 Å². The van der Waals surface area contributed by atoms with Gasteiger partial charge in [0.15, 0.2) is 0 Å². The summed E-state index contributed by atoms with van der Waals surface area (Å²) in [7, 11) is 0. The van der Waals surface area contributed by atoms with Crippen molar-refractivity contribution in [1.82, 2.24) is 4.90 Å². The first-order chi connectivity index (χ1) is 9.01. The smallest absolute Gasteiger partial charge is 0.242 e. The predicted molar refractivity (Wildman–Crippen MR) is 79.7 cm³/mol. The maximum absolute atomic E-state index is 12.6. The van der Waals surface area contributed by atoms with E-state index in [1.807, 2.05) is 42.2 Å². The molecular weight excluding hydrogens is 236 g/mol. The zero-order valence-corrected chi connectivity index (χ0v) is 12.4. The lowest BCUT2D eigenvalue weighted by Gasteiger charge is -2.31. The van der Waals surface area contributed by atoms with E-state index in [9.17, 15) is 4.79 Å². The van der Waals surface area contributed by atoms with Crippen molar-refractivity contribution in [3.8, 4) is 0 Å². The molecule has 0 aliphatic heterocycles. The summed E-state index contributed by atoms with van der Waals surface area (Å²) in [5.74, 6) is 0.0556. The van der Waals surface area contributed by atoms with Crippen LogP contribution in [0.25, 0.3) is 0 Å². The first kappa shape index (κ1) is 15.7. The Kier molecular flexibility index (Phi) is 6.03. The highest BCUT2D eigenvalue weighted by atomic mass is 16.2. The number of hydrogen-bond acceptors (Lipinski definition) is 2. The number of rotatable bonds is 7. The van der Waals surface area contributed by atoms with Crippen LogP contribution in [0.15, 0.2) is 30.3 Å². The van der Waals surface area contributed by atoms with Crippen molar-refractivity contribution in [1.29, 1.82) is 0 Å². The van der Waals surface area contributed by atoms with Gasteiger partial charge in [0.25, 0.3) is 0 Å². The van der Waals surface area contributed by atoms with E-state index in [-0.39, 0.29) is 5.91 Å². The lowest BCUT2D eigenvalue weighted by atomic mass is 9.95. The summed E-state index contributed by atoms with van der Waals surface area (Å²) in [6, 6.07) is 10.1. The largest absolute Gasteiger partial charge is 0.337 e. The van der Waals surface area contributed by atoms with Crippen LogP contribution < -0.4 is 5.73 Å². The molecule has 3 heteroatoms. The standard InChI is InChI=1S/C16H26N2O/c1-4-11-16(3,17)15(19)18(12-5-2)13-14-9-7-6-8-10-14/h6-10H,4-5,11-13,17H2,1-3H3. The van der Waals surface area contributed by atoms with Gasteiger partial charge in [-0.25, -0.2) is 0 Å². The molecule has 1 aromatic carbocycles. The van der Waals surface area contributed by atoms with E-state index < -0.39 is 5.54 Å². The zero-order chi connectivity index (χ0) is 14.3. The van der Waals surface area contributed by atoms with E-state index in [2.05, 4.69) is 13.8 Å². The Bertz CT molecular complexity index is 387. The summed E-state index contributed by atoms with van der Waals surface area (Å²) in [4.78, 5) is 14.4. The summed E-state index contributed by atoms with van der Waals surface area (Å²) >= 11 is 0. The monoisotopic (exact) mass is 262 g/mol. The average Bonchev–Trinajstić information content (AvgIpc) is 2.38. The maximum atomic E-state index is 12.6. The van der Waals surface area contributed by atoms with Crippen molar-refractivity contribution < 1.29 is 4.79 Å². The molecule has 0 aliphatic rings. The third-order valence-corrected chi connectivity index (χ3v) is 3.25. The molecule has 0 spiro atoms. The number of carbonyl (C=O) groups is 1. The average molecular weight is 262 g/mol. The van der Waals surface area contributed by atoms with Gasteiger partial charge in [-0.05, 0) is 25.3 Å². The van der Waals surface area contributed by atoms with Gasteiger partial charge < -0.3 is 10.6 Å². The van der Waals surface area contributed by atoms with Crippen molar-refractivity contribution in [2.45, 2.75) is 52.1 Å². The maximum Gasteiger partial charge on any atom is 0.242 e.